The molecular formula is C13H21N3O3S. The maximum absolute atomic E-state index is 12.3. The van der Waals surface area contributed by atoms with Crippen LogP contribution in [0.5, 0.6) is 0 Å². The van der Waals surface area contributed by atoms with Crippen LogP contribution in [0, 0.1) is 0 Å². The minimum Gasteiger partial charge on any atom is -0.379 e. The summed E-state index contributed by atoms with van der Waals surface area (Å²) in [6, 6.07) is 6.77. The summed E-state index contributed by atoms with van der Waals surface area (Å²) in [7, 11) is -3.51. The minimum absolute atomic E-state index is 0.142. The van der Waals surface area contributed by atoms with Gasteiger partial charge in [-0.05, 0) is 26.0 Å². The Balaban J connectivity index is 2.21. The molecule has 1 heterocycles. The van der Waals surface area contributed by atoms with E-state index in [0.29, 0.717) is 18.9 Å². The summed E-state index contributed by atoms with van der Waals surface area (Å²) < 4.78 is 32.5. The molecule has 2 rings (SSSR count). The summed E-state index contributed by atoms with van der Waals surface area (Å²) in [5.41, 5.74) is 3.75. The van der Waals surface area contributed by atoms with E-state index in [2.05, 4.69) is 10.1 Å². The summed E-state index contributed by atoms with van der Waals surface area (Å²) in [5.74, 6) is 0. The smallest absolute Gasteiger partial charge is 0.242 e. The number of rotatable bonds is 5. The Morgan fingerprint density at radius 3 is 2.50 bits per heavy atom. The van der Waals surface area contributed by atoms with Crippen LogP contribution in [0.4, 0.5) is 5.69 Å². The largest absolute Gasteiger partial charge is 0.379 e. The molecular weight excluding hydrogens is 278 g/mol. The number of hydrogen-bond acceptors (Lipinski definition) is 5. The highest BCUT2D eigenvalue weighted by molar-refractivity contribution is 7.89. The predicted octanol–water partition coefficient (Wildman–Crippen LogP) is 1.03. The van der Waals surface area contributed by atoms with Crippen LogP contribution in [-0.2, 0) is 14.8 Å². The molecule has 1 saturated heterocycles. The third kappa shape index (κ3) is 3.92. The summed E-state index contributed by atoms with van der Waals surface area (Å²) in [4.78, 5) is 0.264. The number of morpholine rings is 1. The Kier molecular flexibility index (Phi) is 4.98. The van der Waals surface area contributed by atoms with Crippen LogP contribution in [0.3, 0.4) is 0 Å². The van der Waals surface area contributed by atoms with Crippen molar-refractivity contribution in [2.45, 2.75) is 24.8 Å². The Labute approximate surface area is 120 Å². The van der Waals surface area contributed by atoms with E-state index in [-0.39, 0.29) is 10.9 Å². The second-order valence-corrected chi connectivity index (χ2v) is 6.67. The topological polar surface area (TPSA) is 70.7 Å². The molecule has 1 aliphatic heterocycles. The number of hydrazine groups is 1. The van der Waals surface area contributed by atoms with E-state index < -0.39 is 10.0 Å². The van der Waals surface area contributed by atoms with Crippen molar-refractivity contribution in [1.82, 2.24) is 9.73 Å². The molecule has 1 aromatic carbocycles. The van der Waals surface area contributed by atoms with Crippen LogP contribution in [0.1, 0.15) is 13.8 Å². The van der Waals surface area contributed by atoms with E-state index in [1.807, 2.05) is 11.1 Å². The van der Waals surface area contributed by atoms with E-state index in [9.17, 15) is 8.42 Å². The number of hydrogen-bond donors (Lipinski definition) is 2. The fourth-order valence-corrected chi connectivity index (χ4v) is 3.42. The molecule has 1 aromatic rings. The van der Waals surface area contributed by atoms with Crippen molar-refractivity contribution in [3.63, 3.8) is 0 Å². The third-order valence-corrected chi connectivity index (χ3v) is 4.57. The SMILES string of the molecule is CC(C)NS(=O)(=O)c1ccccc1NN1CCOCC1. The summed E-state index contributed by atoms with van der Waals surface area (Å²) >= 11 is 0. The molecule has 0 atom stereocenters. The maximum Gasteiger partial charge on any atom is 0.242 e. The Morgan fingerprint density at radius 2 is 1.85 bits per heavy atom. The van der Waals surface area contributed by atoms with Crippen LogP contribution in [0.15, 0.2) is 29.2 Å². The number of para-hydroxylation sites is 1. The molecule has 0 amide bonds. The molecule has 7 heteroatoms. The average Bonchev–Trinajstić information content (AvgIpc) is 2.39. The third-order valence-electron chi connectivity index (χ3n) is 2.86. The second kappa shape index (κ2) is 6.53. The fourth-order valence-electron chi connectivity index (χ4n) is 2.01. The molecule has 0 aliphatic carbocycles. The highest BCUT2D eigenvalue weighted by Gasteiger charge is 2.20. The first kappa shape index (κ1) is 15.2. The van der Waals surface area contributed by atoms with Gasteiger partial charge in [0.2, 0.25) is 10.0 Å². The molecule has 6 nitrogen and oxygen atoms in total. The van der Waals surface area contributed by atoms with Crippen molar-refractivity contribution in [2.75, 3.05) is 31.7 Å². The molecule has 0 saturated carbocycles. The second-order valence-electron chi connectivity index (χ2n) is 4.98. The maximum atomic E-state index is 12.3. The van der Waals surface area contributed by atoms with E-state index in [4.69, 9.17) is 4.74 Å². The Morgan fingerprint density at radius 1 is 1.20 bits per heavy atom. The van der Waals surface area contributed by atoms with Crippen molar-refractivity contribution < 1.29 is 13.2 Å². The van der Waals surface area contributed by atoms with E-state index >= 15 is 0 Å². The molecule has 1 fully saturated rings. The summed E-state index contributed by atoms with van der Waals surface area (Å²) in [6.07, 6.45) is 0. The lowest BCUT2D eigenvalue weighted by atomic mass is 10.3. The van der Waals surface area contributed by atoms with Gasteiger partial charge in [0.1, 0.15) is 4.90 Å². The van der Waals surface area contributed by atoms with Crippen molar-refractivity contribution in [3.8, 4) is 0 Å². The first-order valence-corrected chi connectivity index (χ1v) is 8.18. The van der Waals surface area contributed by atoms with Gasteiger partial charge in [-0.1, -0.05) is 12.1 Å². The molecule has 1 aliphatic rings. The van der Waals surface area contributed by atoms with Gasteiger partial charge in [-0.15, -0.1) is 0 Å². The van der Waals surface area contributed by atoms with Crippen molar-refractivity contribution >= 4 is 15.7 Å². The van der Waals surface area contributed by atoms with E-state index in [1.165, 1.54) is 0 Å². The van der Waals surface area contributed by atoms with Crippen molar-refractivity contribution in [1.29, 1.82) is 0 Å². The first-order chi connectivity index (χ1) is 9.49. The highest BCUT2D eigenvalue weighted by Crippen LogP contribution is 2.21. The van der Waals surface area contributed by atoms with Crippen LogP contribution in [0.25, 0.3) is 0 Å². The van der Waals surface area contributed by atoms with Gasteiger partial charge in [0.15, 0.2) is 0 Å². The van der Waals surface area contributed by atoms with Crippen molar-refractivity contribution in [3.05, 3.63) is 24.3 Å². The zero-order chi connectivity index (χ0) is 14.6. The van der Waals surface area contributed by atoms with Gasteiger partial charge in [-0.3, -0.25) is 0 Å². The standard InChI is InChI=1S/C13H21N3O3S/c1-11(2)15-20(17,18)13-6-4-3-5-12(13)14-16-7-9-19-10-8-16/h3-6,11,14-15H,7-10H2,1-2H3. The predicted molar refractivity (Wildman–Crippen MR) is 77.9 cm³/mol. The molecule has 2 N–H and O–H groups in total. The van der Waals surface area contributed by atoms with Gasteiger partial charge in [0.25, 0.3) is 0 Å². The number of nitrogens with zero attached hydrogens (tertiary/aromatic N) is 1. The fraction of sp³-hybridized carbons (Fsp3) is 0.538. The number of benzene rings is 1. The van der Waals surface area contributed by atoms with Crippen LogP contribution in [0.2, 0.25) is 0 Å². The normalized spacial score (nSPS) is 17.4. The molecule has 20 heavy (non-hydrogen) atoms. The number of sulfonamides is 1. The zero-order valence-corrected chi connectivity index (χ0v) is 12.6. The summed E-state index contributed by atoms with van der Waals surface area (Å²) in [6.45, 7) is 6.35. The lowest BCUT2D eigenvalue weighted by Crippen LogP contribution is -2.41. The molecule has 112 valence electrons. The van der Waals surface area contributed by atoms with Gasteiger partial charge in [-0.2, -0.15) is 0 Å². The first-order valence-electron chi connectivity index (χ1n) is 6.70. The molecule has 0 aromatic heterocycles. The van der Waals surface area contributed by atoms with Crippen molar-refractivity contribution in [2.24, 2.45) is 0 Å². The lowest BCUT2D eigenvalue weighted by Gasteiger charge is -2.28. The Hall–Kier alpha value is -1.15. The quantitative estimate of drug-likeness (QED) is 0.850. The molecule has 0 bridgehead atoms. The molecule has 0 unspecified atom stereocenters. The van der Waals surface area contributed by atoms with Gasteiger partial charge in [0.05, 0.1) is 18.9 Å². The number of ether oxygens (including phenoxy) is 1. The lowest BCUT2D eigenvalue weighted by molar-refractivity contribution is 0.0495. The monoisotopic (exact) mass is 299 g/mol. The zero-order valence-electron chi connectivity index (χ0n) is 11.8. The molecule has 0 spiro atoms. The number of nitrogens with one attached hydrogen (secondary N) is 2. The van der Waals surface area contributed by atoms with E-state index in [1.54, 1.807) is 32.0 Å². The van der Waals surface area contributed by atoms with Gasteiger partial charge in [-0.25, -0.2) is 18.1 Å². The van der Waals surface area contributed by atoms with Gasteiger partial charge in [0, 0.05) is 19.1 Å². The van der Waals surface area contributed by atoms with E-state index in [0.717, 1.165) is 13.1 Å². The number of anilines is 1. The highest BCUT2D eigenvalue weighted by atomic mass is 32.2. The summed E-state index contributed by atoms with van der Waals surface area (Å²) in [5, 5.41) is 1.97. The van der Waals surface area contributed by atoms with Gasteiger partial charge >= 0.3 is 0 Å². The van der Waals surface area contributed by atoms with Crippen LogP contribution < -0.4 is 10.1 Å². The minimum atomic E-state index is -3.51. The van der Waals surface area contributed by atoms with Gasteiger partial charge < -0.3 is 10.2 Å². The average molecular weight is 299 g/mol. The van der Waals surface area contributed by atoms with Crippen LogP contribution >= 0.6 is 0 Å². The Bertz CT molecular complexity index is 540. The van der Waals surface area contributed by atoms with Crippen LogP contribution in [-0.4, -0.2) is 45.8 Å². The molecule has 0 radical (unpaired) electrons.